The van der Waals surface area contributed by atoms with E-state index in [2.05, 4.69) is 15.0 Å². The molecule has 2 aliphatic rings. The topological polar surface area (TPSA) is 127 Å². The van der Waals surface area contributed by atoms with Gasteiger partial charge in [0.15, 0.2) is 17.7 Å². The van der Waals surface area contributed by atoms with Crippen LogP contribution in [0.25, 0.3) is 11.2 Å². The lowest BCUT2D eigenvalue weighted by atomic mass is 10.1. The Morgan fingerprint density at radius 1 is 1.27 bits per heavy atom. The normalized spacial score (nSPS) is 34.4. The summed E-state index contributed by atoms with van der Waals surface area (Å²) in [6.45, 7) is -0.980. The molecule has 0 radical (unpaired) electrons. The number of fused-ring (bicyclic) bond motifs is 2. The average Bonchev–Trinajstić information content (AvgIpc) is 3.19. The van der Waals surface area contributed by atoms with Gasteiger partial charge in [-0.2, -0.15) is 0 Å². The Hall–Kier alpha value is -1.85. The quantitative estimate of drug-likeness (QED) is 0.734. The number of nitrogens with two attached hydrogens (primary N) is 1. The van der Waals surface area contributed by atoms with Gasteiger partial charge >= 0.3 is 0 Å². The van der Waals surface area contributed by atoms with Crippen LogP contribution in [0.5, 0.6) is 0 Å². The minimum absolute atomic E-state index is 0.193. The minimum Gasteiger partial charge on any atom is -0.394 e. The largest absolute Gasteiger partial charge is 0.394 e. The van der Waals surface area contributed by atoms with Crippen LogP contribution in [-0.2, 0) is 18.9 Å². The summed E-state index contributed by atoms with van der Waals surface area (Å²) < 4.78 is 23.8. The fraction of sp³-hybridized carbons (Fsp3) is 0.583. The van der Waals surface area contributed by atoms with Crippen LogP contribution in [0.3, 0.4) is 0 Å². The van der Waals surface area contributed by atoms with Crippen LogP contribution in [0, 0.1) is 0 Å². The Morgan fingerprint density at radius 3 is 2.86 bits per heavy atom. The maximum absolute atomic E-state index is 9.47. The molecule has 4 rings (SSSR count). The highest BCUT2D eigenvalue weighted by Gasteiger charge is 2.53. The molecule has 2 aliphatic heterocycles. The van der Waals surface area contributed by atoms with E-state index >= 15 is 0 Å². The van der Waals surface area contributed by atoms with E-state index in [1.54, 1.807) is 10.9 Å². The van der Waals surface area contributed by atoms with Crippen molar-refractivity contribution in [1.29, 1.82) is 0 Å². The van der Waals surface area contributed by atoms with Crippen molar-refractivity contribution < 1.29 is 24.1 Å². The lowest BCUT2D eigenvalue weighted by molar-refractivity contribution is -0.256. The highest BCUT2D eigenvalue weighted by Crippen LogP contribution is 2.40. The van der Waals surface area contributed by atoms with Gasteiger partial charge in [0.2, 0.25) is 0 Å². The van der Waals surface area contributed by atoms with Gasteiger partial charge in [-0.15, -0.1) is 0 Å². The first-order valence-electron chi connectivity index (χ1n) is 6.76. The number of nitrogen functional groups attached to an aromatic ring is 1. The second-order valence-electron chi connectivity index (χ2n) is 5.06. The molecule has 118 valence electrons. The molecule has 0 aliphatic carbocycles. The molecule has 2 aromatic rings. The fourth-order valence-electron chi connectivity index (χ4n) is 2.84. The van der Waals surface area contributed by atoms with Crippen molar-refractivity contribution in [2.75, 3.05) is 19.5 Å². The average molecular weight is 309 g/mol. The van der Waals surface area contributed by atoms with Gasteiger partial charge in [0.1, 0.15) is 30.2 Å². The number of aliphatic hydroxyl groups excluding tert-OH is 1. The zero-order chi connectivity index (χ0) is 15.3. The molecular formula is C12H15N5O5. The number of methoxy groups -OCH3 is 1. The molecule has 0 spiro atoms. The first-order chi connectivity index (χ1) is 10.7. The van der Waals surface area contributed by atoms with E-state index in [0.717, 1.165) is 0 Å². The summed E-state index contributed by atoms with van der Waals surface area (Å²) in [5.41, 5.74) is 6.80. The van der Waals surface area contributed by atoms with Crippen molar-refractivity contribution in [1.82, 2.24) is 19.5 Å². The molecule has 2 aromatic heterocycles. The van der Waals surface area contributed by atoms with E-state index in [-0.39, 0.29) is 12.4 Å². The molecule has 2 fully saturated rings. The van der Waals surface area contributed by atoms with Crippen LogP contribution in [0.15, 0.2) is 12.7 Å². The number of hydrogen-bond acceptors (Lipinski definition) is 9. The van der Waals surface area contributed by atoms with E-state index in [1.165, 1.54) is 13.4 Å². The van der Waals surface area contributed by atoms with Gasteiger partial charge in [0.25, 0.3) is 6.48 Å². The van der Waals surface area contributed by atoms with Gasteiger partial charge in [-0.25, -0.2) is 15.0 Å². The standard InChI is InChI=1S/C12H15N5O5/c1-19-12-21-7-5(2-18)20-11(8(7)22-12)17-4-16-6-9(13)14-3-15-10(6)17/h3-5,7-8,11-12,18H,2H2,1H3,(H2,13,14,15)/t5-,7+,8+,11-,12?/m1/s1. The summed E-state index contributed by atoms with van der Waals surface area (Å²) in [6, 6.07) is 0. The molecule has 2 saturated heterocycles. The van der Waals surface area contributed by atoms with E-state index in [4.69, 9.17) is 24.7 Å². The Kier molecular flexibility index (Phi) is 3.20. The first-order valence-corrected chi connectivity index (χ1v) is 6.76. The molecule has 0 bridgehead atoms. The van der Waals surface area contributed by atoms with Gasteiger partial charge in [-0.05, 0) is 0 Å². The number of ether oxygens (including phenoxy) is 4. The van der Waals surface area contributed by atoms with Crippen molar-refractivity contribution in [3.05, 3.63) is 12.7 Å². The lowest BCUT2D eigenvalue weighted by Crippen LogP contribution is -2.31. The van der Waals surface area contributed by atoms with Crippen molar-refractivity contribution >= 4 is 17.0 Å². The van der Waals surface area contributed by atoms with Gasteiger partial charge in [0, 0.05) is 7.11 Å². The van der Waals surface area contributed by atoms with Crippen LogP contribution >= 0.6 is 0 Å². The molecule has 0 saturated carbocycles. The van der Waals surface area contributed by atoms with Crippen molar-refractivity contribution in [3.8, 4) is 0 Å². The van der Waals surface area contributed by atoms with E-state index < -0.39 is 31.0 Å². The zero-order valence-electron chi connectivity index (χ0n) is 11.7. The van der Waals surface area contributed by atoms with Gasteiger partial charge in [-0.1, -0.05) is 0 Å². The minimum atomic E-state index is -0.787. The van der Waals surface area contributed by atoms with E-state index in [0.29, 0.717) is 11.2 Å². The summed E-state index contributed by atoms with van der Waals surface area (Å²) in [7, 11) is 1.48. The molecule has 0 aromatic carbocycles. The lowest BCUT2D eigenvalue weighted by Gasteiger charge is -2.19. The first kappa shape index (κ1) is 13.8. The van der Waals surface area contributed by atoms with Gasteiger partial charge in [0.05, 0.1) is 12.9 Å². The number of imidazole rings is 1. The molecule has 1 unspecified atom stereocenters. The van der Waals surface area contributed by atoms with Crippen LogP contribution < -0.4 is 5.73 Å². The second kappa shape index (κ2) is 5.11. The van der Waals surface area contributed by atoms with E-state index in [1.807, 2.05) is 0 Å². The highest BCUT2D eigenvalue weighted by atomic mass is 16.9. The molecular weight excluding hydrogens is 294 g/mol. The van der Waals surface area contributed by atoms with Crippen LogP contribution in [-0.4, -0.2) is 63.1 Å². The van der Waals surface area contributed by atoms with Crippen LogP contribution in [0.4, 0.5) is 5.82 Å². The summed E-state index contributed by atoms with van der Waals surface area (Å²) >= 11 is 0. The smallest absolute Gasteiger partial charge is 0.272 e. The fourth-order valence-corrected chi connectivity index (χ4v) is 2.84. The monoisotopic (exact) mass is 309 g/mol. The second-order valence-corrected chi connectivity index (χ2v) is 5.06. The number of anilines is 1. The molecule has 22 heavy (non-hydrogen) atoms. The summed E-state index contributed by atoms with van der Waals surface area (Å²) in [4.78, 5) is 12.3. The number of hydrogen-bond donors (Lipinski definition) is 2. The maximum atomic E-state index is 9.47. The number of rotatable bonds is 3. The molecule has 3 N–H and O–H groups in total. The SMILES string of the molecule is COC1O[C@@H]2[C@H](O1)[C@H](n1cnc3c(N)ncnc31)O[C@@H]2CO. The number of nitrogens with zero attached hydrogens (tertiary/aromatic N) is 4. The third-order valence-corrected chi connectivity index (χ3v) is 3.86. The van der Waals surface area contributed by atoms with Crippen molar-refractivity contribution in [2.24, 2.45) is 0 Å². The van der Waals surface area contributed by atoms with Gasteiger partial charge in [-0.3, -0.25) is 4.57 Å². The predicted octanol–water partition coefficient (Wildman–Crippen LogP) is -0.988. The Morgan fingerprint density at radius 2 is 2.09 bits per heavy atom. The maximum Gasteiger partial charge on any atom is 0.272 e. The number of aliphatic hydroxyl groups is 1. The third-order valence-electron chi connectivity index (χ3n) is 3.86. The molecule has 0 amide bonds. The highest BCUT2D eigenvalue weighted by molar-refractivity contribution is 5.81. The zero-order valence-corrected chi connectivity index (χ0v) is 11.7. The summed E-state index contributed by atoms with van der Waals surface area (Å²) in [5.74, 6) is 0.287. The van der Waals surface area contributed by atoms with E-state index in [9.17, 15) is 5.11 Å². The summed E-state index contributed by atoms with van der Waals surface area (Å²) in [6.07, 6.45) is 0.955. The van der Waals surface area contributed by atoms with Crippen molar-refractivity contribution in [2.45, 2.75) is 31.0 Å². The van der Waals surface area contributed by atoms with Crippen molar-refractivity contribution in [3.63, 3.8) is 0 Å². The number of aromatic nitrogens is 4. The Balaban J connectivity index is 1.73. The molecule has 5 atom stereocenters. The molecule has 4 heterocycles. The molecule has 10 nitrogen and oxygen atoms in total. The van der Waals surface area contributed by atoms with Gasteiger partial charge < -0.3 is 29.8 Å². The molecule has 10 heteroatoms. The predicted molar refractivity (Wildman–Crippen MR) is 71.3 cm³/mol. The Labute approximate surface area is 124 Å². The van der Waals surface area contributed by atoms with Crippen LogP contribution in [0.1, 0.15) is 6.23 Å². The third kappa shape index (κ3) is 1.89. The summed E-state index contributed by atoms with van der Waals surface area (Å²) in [5, 5.41) is 9.47. The van der Waals surface area contributed by atoms with Crippen LogP contribution in [0.2, 0.25) is 0 Å². The Bertz CT molecular complexity index is 694.